The SMILES string of the molecule is CC(=O)NC1CCN(C[C@@H]2CCCN2C(=O)CN2CCC[C@H](NS(=O)(=O)C=Cc3ccc(Cl)s3)C2=O)C1. The molecule has 204 valence electrons. The summed E-state index contributed by atoms with van der Waals surface area (Å²) in [5.41, 5.74) is 0. The molecule has 1 aromatic rings. The molecule has 4 rings (SSSR count). The highest BCUT2D eigenvalue weighted by Crippen LogP contribution is 2.24. The largest absolute Gasteiger partial charge is 0.352 e. The standard InChI is InChI=1S/C24H34ClN5O5S2/c1-17(31)26-18-8-12-28(14-18)15-19-4-2-11-30(19)23(32)16-29-10-3-5-21(24(29)33)27-37(34,35)13-9-20-6-7-22(25)36-20/h6-7,9,13,18-19,21,27H,2-5,8,10-12,14-16H2,1H3,(H,26,31)/t18?,19-,21-/m0/s1. The number of nitrogens with one attached hydrogen (secondary N) is 2. The maximum absolute atomic E-state index is 13.2. The highest BCUT2D eigenvalue weighted by Gasteiger charge is 2.36. The topological polar surface area (TPSA) is 119 Å². The van der Waals surface area contributed by atoms with Crippen LogP contribution < -0.4 is 10.0 Å². The van der Waals surface area contributed by atoms with Gasteiger partial charge in [0.15, 0.2) is 0 Å². The van der Waals surface area contributed by atoms with Gasteiger partial charge in [-0.15, -0.1) is 11.3 Å². The lowest BCUT2D eigenvalue weighted by Crippen LogP contribution is -2.55. The summed E-state index contributed by atoms with van der Waals surface area (Å²) in [6, 6.07) is 2.73. The van der Waals surface area contributed by atoms with E-state index < -0.39 is 16.1 Å². The van der Waals surface area contributed by atoms with E-state index in [0.717, 1.165) is 44.3 Å². The Bertz CT molecular complexity index is 1140. The summed E-state index contributed by atoms with van der Waals surface area (Å²) >= 11 is 7.14. The fraction of sp³-hybridized carbons (Fsp3) is 0.625. The van der Waals surface area contributed by atoms with Gasteiger partial charge in [-0.3, -0.25) is 19.3 Å². The van der Waals surface area contributed by atoms with Gasteiger partial charge in [0.2, 0.25) is 27.7 Å². The number of carbonyl (C=O) groups is 3. The monoisotopic (exact) mass is 571 g/mol. The molecule has 10 nitrogen and oxygen atoms in total. The molecular weight excluding hydrogens is 538 g/mol. The molecule has 0 aromatic carbocycles. The van der Waals surface area contributed by atoms with E-state index in [9.17, 15) is 22.8 Å². The zero-order chi connectivity index (χ0) is 26.6. The van der Waals surface area contributed by atoms with Crippen LogP contribution in [-0.4, -0.2) is 98.2 Å². The van der Waals surface area contributed by atoms with Crippen LogP contribution in [0.4, 0.5) is 0 Å². The molecule has 0 bridgehead atoms. The Kier molecular flexibility index (Phi) is 9.28. The van der Waals surface area contributed by atoms with E-state index in [1.807, 2.05) is 4.90 Å². The molecule has 3 amide bonds. The van der Waals surface area contributed by atoms with Crippen LogP contribution in [0.3, 0.4) is 0 Å². The molecule has 1 aromatic heterocycles. The van der Waals surface area contributed by atoms with E-state index in [0.29, 0.717) is 35.1 Å². The smallest absolute Gasteiger partial charge is 0.242 e. The molecule has 4 heterocycles. The van der Waals surface area contributed by atoms with Crippen LogP contribution in [0.1, 0.15) is 43.9 Å². The van der Waals surface area contributed by atoms with Crippen LogP contribution in [0.5, 0.6) is 0 Å². The normalized spacial score (nSPS) is 25.4. The summed E-state index contributed by atoms with van der Waals surface area (Å²) in [4.78, 5) is 43.9. The van der Waals surface area contributed by atoms with Crippen LogP contribution >= 0.6 is 22.9 Å². The fourth-order valence-corrected chi connectivity index (χ4v) is 7.40. The minimum absolute atomic E-state index is 0.0280. The molecule has 0 radical (unpaired) electrons. The van der Waals surface area contributed by atoms with Crippen molar-refractivity contribution in [1.29, 1.82) is 0 Å². The number of thiophene rings is 1. The van der Waals surface area contributed by atoms with E-state index in [1.54, 1.807) is 12.1 Å². The molecule has 3 aliphatic heterocycles. The molecule has 37 heavy (non-hydrogen) atoms. The van der Waals surface area contributed by atoms with Crippen LogP contribution in [0.15, 0.2) is 17.5 Å². The van der Waals surface area contributed by atoms with Gasteiger partial charge < -0.3 is 15.1 Å². The third-order valence-corrected chi connectivity index (χ3v) is 9.32. The molecule has 3 atom stereocenters. The minimum Gasteiger partial charge on any atom is -0.352 e. The molecule has 0 saturated carbocycles. The first kappa shape index (κ1) is 28.0. The van der Waals surface area contributed by atoms with Crippen LogP contribution in [0.25, 0.3) is 6.08 Å². The maximum Gasteiger partial charge on any atom is 0.242 e. The van der Waals surface area contributed by atoms with Gasteiger partial charge >= 0.3 is 0 Å². The van der Waals surface area contributed by atoms with Crippen molar-refractivity contribution in [2.45, 2.75) is 57.2 Å². The van der Waals surface area contributed by atoms with Gasteiger partial charge in [-0.25, -0.2) is 8.42 Å². The van der Waals surface area contributed by atoms with Crippen molar-refractivity contribution in [3.05, 3.63) is 26.8 Å². The second-order valence-electron chi connectivity index (χ2n) is 9.89. The fourth-order valence-electron chi connectivity index (χ4n) is 5.33. The van der Waals surface area contributed by atoms with Crippen LogP contribution in [0, 0.1) is 0 Å². The Hall–Kier alpha value is -1.99. The molecule has 3 aliphatic rings. The molecule has 3 saturated heterocycles. The van der Waals surface area contributed by atoms with E-state index in [2.05, 4.69) is 14.9 Å². The third kappa shape index (κ3) is 7.76. The number of hydrogen-bond acceptors (Lipinski definition) is 7. The van der Waals surface area contributed by atoms with E-state index in [1.165, 1.54) is 29.2 Å². The summed E-state index contributed by atoms with van der Waals surface area (Å²) in [7, 11) is -3.85. The second-order valence-corrected chi connectivity index (χ2v) is 13.2. The summed E-state index contributed by atoms with van der Waals surface area (Å²) in [6.07, 6.45) is 5.16. The predicted octanol–water partition coefficient (Wildman–Crippen LogP) is 1.48. The van der Waals surface area contributed by atoms with Crippen molar-refractivity contribution in [1.82, 2.24) is 24.7 Å². The van der Waals surface area contributed by atoms with Gasteiger partial charge in [0, 0.05) is 62.0 Å². The number of halogens is 1. The number of amides is 3. The molecule has 1 unspecified atom stereocenters. The average Bonchev–Trinajstić information content (AvgIpc) is 3.57. The highest BCUT2D eigenvalue weighted by atomic mass is 35.5. The quantitative estimate of drug-likeness (QED) is 0.463. The Morgan fingerprint density at radius 1 is 1.16 bits per heavy atom. The Balaban J connectivity index is 1.30. The van der Waals surface area contributed by atoms with Crippen LogP contribution in [0.2, 0.25) is 4.34 Å². The van der Waals surface area contributed by atoms with E-state index in [4.69, 9.17) is 11.6 Å². The van der Waals surface area contributed by atoms with Gasteiger partial charge in [0.25, 0.3) is 0 Å². The van der Waals surface area contributed by atoms with Gasteiger partial charge in [-0.1, -0.05) is 11.6 Å². The molecule has 0 aliphatic carbocycles. The number of hydrogen-bond donors (Lipinski definition) is 2. The van der Waals surface area contributed by atoms with Crippen LogP contribution in [-0.2, 0) is 24.4 Å². The molecule has 2 N–H and O–H groups in total. The first-order valence-electron chi connectivity index (χ1n) is 12.6. The van der Waals surface area contributed by atoms with Crippen molar-refractivity contribution < 1.29 is 22.8 Å². The highest BCUT2D eigenvalue weighted by molar-refractivity contribution is 7.92. The molecule has 13 heteroatoms. The Morgan fingerprint density at radius 3 is 2.68 bits per heavy atom. The lowest BCUT2D eigenvalue weighted by atomic mass is 10.1. The summed E-state index contributed by atoms with van der Waals surface area (Å²) < 4.78 is 28.1. The second kappa shape index (κ2) is 12.2. The van der Waals surface area contributed by atoms with Crippen molar-refractivity contribution in [3.63, 3.8) is 0 Å². The van der Waals surface area contributed by atoms with E-state index in [-0.39, 0.29) is 36.3 Å². The number of likely N-dealkylation sites (tertiary alicyclic amines) is 3. The van der Waals surface area contributed by atoms with Crippen molar-refractivity contribution in [3.8, 4) is 0 Å². The predicted molar refractivity (Wildman–Crippen MR) is 143 cm³/mol. The number of sulfonamides is 1. The molecular formula is C24H34ClN5O5S2. The minimum atomic E-state index is -3.85. The first-order valence-corrected chi connectivity index (χ1v) is 15.4. The first-order chi connectivity index (χ1) is 17.6. The summed E-state index contributed by atoms with van der Waals surface area (Å²) in [5.74, 6) is -0.504. The zero-order valence-corrected chi connectivity index (χ0v) is 23.3. The van der Waals surface area contributed by atoms with Gasteiger partial charge in [0.05, 0.1) is 10.9 Å². The van der Waals surface area contributed by atoms with Crippen molar-refractivity contribution in [2.24, 2.45) is 0 Å². The average molecular weight is 572 g/mol. The summed E-state index contributed by atoms with van der Waals surface area (Å²) in [5, 5.41) is 4.00. The number of carbonyl (C=O) groups excluding carboxylic acids is 3. The Morgan fingerprint density at radius 2 is 1.95 bits per heavy atom. The lowest BCUT2D eigenvalue weighted by Gasteiger charge is -2.34. The van der Waals surface area contributed by atoms with Gasteiger partial charge in [-0.05, 0) is 50.3 Å². The maximum atomic E-state index is 13.2. The zero-order valence-electron chi connectivity index (χ0n) is 20.9. The number of nitrogens with zero attached hydrogens (tertiary/aromatic N) is 3. The lowest BCUT2D eigenvalue weighted by molar-refractivity contribution is -0.143. The number of rotatable bonds is 9. The number of piperidine rings is 1. The van der Waals surface area contributed by atoms with Gasteiger partial charge in [-0.2, -0.15) is 4.72 Å². The molecule has 0 spiro atoms. The molecule has 3 fully saturated rings. The van der Waals surface area contributed by atoms with Crippen molar-refractivity contribution >= 4 is 56.8 Å². The van der Waals surface area contributed by atoms with E-state index >= 15 is 0 Å². The van der Waals surface area contributed by atoms with Gasteiger partial charge in [0.1, 0.15) is 6.04 Å². The third-order valence-electron chi connectivity index (χ3n) is 7.01. The summed E-state index contributed by atoms with van der Waals surface area (Å²) in [6.45, 7) is 4.96. The van der Waals surface area contributed by atoms with Crippen molar-refractivity contribution in [2.75, 3.05) is 39.3 Å². The Labute approximate surface area is 227 Å².